The van der Waals surface area contributed by atoms with Crippen molar-refractivity contribution in [1.82, 2.24) is 19.6 Å². The molecule has 10 nitrogen and oxygen atoms in total. The van der Waals surface area contributed by atoms with Crippen LogP contribution < -0.4 is 10.6 Å². The molecule has 2 amide bonds. The average molecular weight is 382 g/mol. The molecule has 1 aromatic carbocycles. The summed E-state index contributed by atoms with van der Waals surface area (Å²) in [7, 11) is 0. The monoisotopic (exact) mass is 382 g/mol. The van der Waals surface area contributed by atoms with Gasteiger partial charge in [-0.1, -0.05) is 6.07 Å². The second-order valence-electron chi connectivity index (χ2n) is 5.82. The number of benzene rings is 1. The molecule has 144 valence electrons. The number of hydrogen-bond donors (Lipinski definition) is 3. The molecule has 0 bridgehead atoms. The molecule has 0 saturated carbocycles. The van der Waals surface area contributed by atoms with Crippen molar-refractivity contribution in [3.05, 3.63) is 60.2 Å². The summed E-state index contributed by atoms with van der Waals surface area (Å²) in [6.45, 7) is 2.33. The lowest BCUT2D eigenvalue weighted by Crippen LogP contribution is -2.22. The Labute approximate surface area is 159 Å². The quantitative estimate of drug-likeness (QED) is 0.570. The highest BCUT2D eigenvalue weighted by Gasteiger charge is 2.14. The number of nitrogens with one attached hydrogen (secondary N) is 2. The number of nitrogens with zero attached hydrogens (tertiary/aromatic N) is 4. The molecule has 0 aliphatic carbocycles. The van der Waals surface area contributed by atoms with E-state index in [4.69, 9.17) is 5.11 Å². The first kappa shape index (κ1) is 18.8. The van der Waals surface area contributed by atoms with Gasteiger partial charge in [-0.2, -0.15) is 10.2 Å². The number of carboxylic acids is 1. The van der Waals surface area contributed by atoms with Gasteiger partial charge in [0.1, 0.15) is 12.2 Å². The zero-order valence-electron chi connectivity index (χ0n) is 15.0. The maximum absolute atomic E-state index is 12.2. The third-order valence-electron chi connectivity index (χ3n) is 3.83. The Kier molecular flexibility index (Phi) is 5.49. The van der Waals surface area contributed by atoms with Crippen molar-refractivity contribution in [2.24, 2.45) is 0 Å². The van der Waals surface area contributed by atoms with Crippen LogP contribution in [0.4, 0.5) is 11.4 Å². The van der Waals surface area contributed by atoms with Gasteiger partial charge in [0.2, 0.25) is 5.91 Å². The average Bonchev–Trinajstić information content (AvgIpc) is 3.31. The Morgan fingerprint density at radius 1 is 1.11 bits per heavy atom. The van der Waals surface area contributed by atoms with E-state index >= 15 is 0 Å². The topological polar surface area (TPSA) is 131 Å². The van der Waals surface area contributed by atoms with Crippen molar-refractivity contribution >= 4 is 29.2 Å². The third-order valence-corrected chi connectivity index (χ3v) is 3.83. The number of aryl methyl sites for hydroxylation is 1. The zero-order valence-corrected chi connectivity index (χ0v) is 15.0. The van der Waals surface area contributed by atoms with Gasteiger partial charge < -0.3 is 15.7 Å². The summed E-state index contributed by atoms with van der Waals surface area (Å²) in [6, 6.07) is 9.53. The molecular weight excluding hydrogens is 364 g/mol. The highest BCUT2D eigenvalue weighted by atomic mass is 16.4. The highest BCUT2D eigenvalue weighted by molar-refractivity contribution is 6.03. The second kappa shape index (κ2) is 8.16. The van der Waals surface area contributed by atoms with Crippen LogP contribution in [0.1, 0.15) is 27.9 Å². The molecule has 3 aromatic rings. The molecule has 28 heavy (non-hydrogen) atoms. The van der Waals surface area contributed by atoms with E-state index in [1.807, 2.05) is 6.92 Å². The van der Waals surface area contributed by atoms with Gasteiger partial charge in [-0.15, -0.1) is 0 Å². The molecule has 0 radical (unpaired) electrons. The van der Waals surface area contributed by atoms with Crippen molar-refractivity contribution in [3.8, 4) is 0 Å². The molecule has 0 atom stereocenters. The van der Waals surface area contributed by atoms with E-state index in [0.717, 1.165) is 4.68 Å². The first-order valence-corrected chi connectivity index (χ1v) is 8.46. The predicted octanol–water partition coefficient (Wildman–Crippen LogP) is 1.69. The summed E-state index contributed by atoms with van der Waals surface area (Å²) in [5, 5.41) is 22.4. The Morgan fingerprint density at radius 3 is 2.54 bits per heavy atom. The molecule has 0 aliphatic rings. The van der Waals surface area contributed by atoms with Crippen molar-refractivity contribution in [3.63, 3.8) is 0 Å². The minimum atomic E-state index is -1.17. The van der Waals surface area contributed by atoms with E-state index in [1.54, 1.807) is 41.2 Å². The molecule has 3 rings (SSSR count). The van der Waals surface area contributed by atoms with Gasteiger partial charge in [0.15, 0.2) is 5.69 Å². The van der Waals surface area contributed by atoms with Gasteiger partial charge >= 0.3 is 5.97 Å². The Balaban J connectivity index is 1.64. The van der Waals surface area contributed by atoms with Crippen LogP contribution in [-0.2, 0) is 17.9 Å². The maximum Gasteiger partial charge on any atom is 0.354 e. The first-order chi connectivity index (χ1) is 13.5. The molecule has 10 heteroatoms. The minimum Gasteiger partial charge on any atom is -0.477 e. The van der Waals surface area contributed by atoms with Crippen molar-refractivity contribution < 1.29 is 19.5 Å². The molecule has 0 aliphatic heterocycles. The van der Waals surface area contributed by atoms with Crippen LogP contribution in [0.2, 0.25) is 0 Å². The number of rotatable bonds is 7. The largest absolute Gasteiger partial charge is 0.477 e. The molecule has 0 fully saturated rings. The van der Waals surface area contributed by atoms with Gasteiger partial charge in [-0.3, -0.25) is 14.3 Å². The number of amides is 2. The lowest BCUT2D eigenvalue weighted by molar-refractivity contribution is -0.116. The van der Waals surface area contributed by atoms with Crippen LogP contribution in [0.15, 0.2) is 48.8 Å². The van der Waals surface area contributed by atoms with Crippen molar-refractivity contribution in [1.29, 1.82) is 0 Å². The summed E-state index contributed by atoms with van der Waals surface area (Å²) in [5.74, 6) is -1.98. The normalized spacial score (nSPS) is 10.5. The van der Waals surface area contributed by atoms with Gasteiger partial charge in [0, 0.05) is 30.3 Å². The van der Waals surface area contributed by atoms with Crippen LogP contribution in [0.5, 0.6) is 0 Å². The van der Waals surface area contributed by atoms with E-state index in [-0.39, 0.29) is 23.8 Å². The molecule has 0 saturated heterocycles. The van der Waals surface area contributed by atoms with E-state index < -0.39 is 11.9 Å². The van der Waals surface area contributed by atoms with Gasteiger partial charge in [-0.05, 0) is 37.3 Å². The van der Waals surface area contributed by atoms with E-state index in [0.29, 0.717) is 17.9 Å². The Hall–Kier alpha value is -3.95. The van der Waals surface area contributed by atoms with Crippen molar-refractivity contribution in [2.45, 2.75) is 20.0 Å². The van der Waals surface area contributed by atoms with Crippen LogP contribution in [0.3, 0.4) is 0 Å². The van der Waals surface area contributed by atoms with E-state index in [1.165, 1.54) is 12.3 Å². The number of carbonyl (C=O) groups excluding carboxylic acids is 2. The first-order valence-electron chi connectivity index (χ1n) is 8.46. The number of aromatic carboxylic acids is 1. The zero-order chi connectivity index (χ0) is 20.1. The van der Waals surface area contributed by atoms with Crippen LogP contribution in [0.25, 0.3) is 0 Å². The highest BCUT2D eigenvalue weighted by Crippen LogP contribution is 2.16. The van der Waals surface area contributed by atoms with Crippen molar-refractivity contribution in [2.75, 3.05) is 10.6 Å². The predicted molar refractivity (Wildman–Crippen MR) is 100 cm³/mol. The third kappa shape index (κ3) is 4.41. The van der Waals surface area contributed by atoms with E-state index in [2.05, 4.69) is 20.8 Å². The maximum atomic E-state index is 12.2. The summed E-state index contributed by atoms with van der Waals surface area (Å²) in [5.41, 5.74) is 1.14. The van der Waals surface area contributed by atoms with Crippen LogP contribution >= 0.6 is 0 Å². The number of carboxylic acid groups (broad SMARTS) is 1. The molecular formula is C18H18N6O4. The summed E-state index contributed by atoms with van der Waals surface area (Å²) in [6.07, 6.45) is 3.03. The lowest BCUT2D eigenvalue weighted by atomic mass is 10.2. The minimum absolute atomic E-state index is 0.0809. The molecule has 0 unspecified atom stereocenters. The fourth-order valence-corrected chi connectivity index (χ4v) is 2.51. The second-order valence-corrected chi connectivity index (χ2v) is 5.82. The SMILES string of the molecule is CCn1ccc(C(=O)Nc2cccc(NC(=O)Cn3nccc3C(=O)O)c2)n1. The summed E-state index contributed by atoms with van der Waals surface area (Å²) in [4.78, 5) is 35.5. The van der Waals surface area contributed by atoms with Gasteiger partial charge in [0.05, 0.1) is 0 Å². The molecule has 0 spiro atoms. The smallest absolute Gasteiger partial charge is 0.354 e. The number of hydrogen-bond acceptors (Lipinski definition) is 5. The Bertz CT molecular complexity index is 1020. The number of carbonyl (C=O) groups is 3. The van der Waals surface area contributed by atoms with Crippen LogP contribution in [-0.4, -0.2) is 42.5 Å². The van der Waals surface area contributed by atoms with Crippen LogP contribution in [0, 0.1) is 0 Å². The standard InChI is InChI=1S/C18H18N6O4/c1-2-23-9-7-14(22-23)17(26)21-13-5-3-4-12(10-13)20-16(25)11-24-15(18(27)28)6-8-19-24/h3-10H,2,11H2,1H3,(H,20,25)(H,21,26)(H,27,28). The summed E-state index contributed by atoms with van der Waals surface area (Å²) < 4.78 is 2.74. The molecule has 3 N–H and O–H groups in total. The number of aromatic nitrogens is 4. The lowest BCUT2D eigenvalue weighted by Gasteiger charge is -2.09. The number of anilines is 2. The van der Waals surface area contributed by atoms with E-state index in [9.17, 15) is 14.4 Å². The molecule has 2 aromatic heterocycles. The molecule has 2 heterocycles. The fourth-order valence-electron chi connectivity index (χ4n) is 2.51. The van der Waals surface area contributed by atoms with Gasteiger partial charge in [0.25, 0.3) is 5.91 Å². The Morgan fingerprint density at radius 2 is 1.86 bits per heavy atom. The fraction of sp³-hybridized carbons (Fsp3) is 0.167. The summed E-state index contributed by atoms with van der Waals surface area (Å²) >= 11 is 0. The van der Waals surface area contributed by atoms with Gasteiger partial charge in [-0.25, -0.2) is 9.48 Å².